The van der Waals surface area contributed by atoms with Gasteiger partial charge in [-0.2, -0.15) is 0 Å². The third-order valence-electron chi connectivity index (χ3n) is 6.34. The Labute approximate surface area is 183 Å². The molecule has 3 aromatic rings. The standard InChI is InChI=1S/C26H31NO4/c1-4-6-22-21-13-14-27-23(21)11-12-24(22)31-26(3,5-2)30-19-9-10-20-17(15-19)7-8-18(20)16-25(28)29/h9-15,18,27H,4-8,16H2,1-3H3,(H,28,29)/t18-,26?/m0/s1. The van der Waals surface area contributed by atoms with Gasteiger partial charge in [-0.05, 0) is 66.6 Å². The summed E-state index contributed by atoms with van der Waals surface area (Å²) in [7, 11) is 0. The zero-order chi connectivity index (χ0) is 22.0. The number of fused-ring (bicyclic) bond motifs is 2. The molecule has 4 rings (SSSR count). The molecule has 0 amide bonds. The minimum absolute atomic E-state index is 0.0973. The minimum Gasteiger partial charge on any atom is -0.481 e. The highest BCUT2D eigenvalue weighted by molar-refractivity contribution is 5.85. The highest BCUT2D eigenvalue weighted by Gasteiger charge is 2.30. The van der Waals surface area contributed by atoms with Gasteiger partial charge in [-0.1, -0.05) is 26.3 Å². The lowest BCUT2D eigenvalue weighted by atomic mass is 9.98. The van der Waals surface area contributed by atoms with Crippen LogP contribution in [-0.2, 0) is 17.6 Å². The van der Waals surface area contributed by atoms with E-state index in [1.54, 1.807) is 0 Å². The van der Waals surface area contributed by atoms with E-state index in [9.17, 15) is 4.79 Å². The number of benzene rings is 2. The van der Waals surface area contributed by atoms with Gasteiger partial charge in [-0.15, -0.1) is 0 Å². The van der Waals surface area contributed by atoms with Crippen molar-refractivity contribution >= 4 is 16.9 Å². The van der Waals surface area contributed by atoms with Gasteiger partial charge in [0.25, 0.3) is 0 Å². The van der Waals surface area contributed by atoms with Gasteiger partial charge >= 0.3 is 5.97 Å². The third-order valence-corrected chi connectivity index (χ3v) is 6.34. The maximum atomic E-state index is 11.1. The van der Waals surface area contributed by atoms with Crippen LogP contribution in [0.4, 0.5) is 0 Å². The van der Waals surface area contributed by atoms with Crippen LogP contribution < -0.4 is 9.47 Å². The summed E-state index contributed by atoms with van der Waals surface area (Å²) in [5, 5.41) is 10.3. The molecule has 0 bridgehead atoms. The Balaban J connectivity index is 1.57. The second-order valence-corrected chi connectivity index (χ2v) is 8.62. The summed E-state index contributed by atoms with van der Waals surface area (Å²) in [5.41, 5.74) is 4.64. The molecule has 5 heteroatoms. The summed E-state index contributed by atoms with van der Waals surface area (Å²) < 4.78 is 12.9. The first kappa shape index (κ1) is 21.3. The first-order chi connectivity index (χ1) is 14.9. The number of hydrogen-bond acceptors (Lipinski definition) is 3. The van der Waals surface area contributed by atoms with Crippen molar-refractivity contribution in [2.24, 2.45) is 0 Å². The summed E-state index contributed by atoms with van der Waals surface area (Å²) in [6.45, 7) is 6.21. The predicted molar refractivity (Wildman–Crippen MR) is 122 cm³/mol. The highest BCUT2D eigenvalue weighted by Crippen LogP contribution is 2.39. The van der Waals surface area contributed by atoms with E-state index in [1.165, 1.54) is 16.5 Å². The SMILES string of the molecule is CCCc1c(OC(C)(CC)Oc2ccc3c(c2)CC[C@H]3CC(=O)O)ccc2[nH]ccc12. The normalized spacial score (nSPS) is 17.3. The summed E-state index contributed by atoms with van der Waals surface area (Å²) >= 11 is 0. The Hall–Kier alpha value is -2.95. The zero-order valence-electron chi connectivity index (χ0n) is 18.5. The molecule has 2 atom stereocenters. The fourth-order valence-corrected chi connectivity index (χ4v) is 4.59. The van der Waals surface area contributed by atoms with Crippen molar-refractivity contribution < 1.29 is 19.4 Å². The van der Waals surface area contributed by atoms with Crippen molar-refractivity contribution in [2.45, 2.75) is 71.0 Å². The molecule has 2 N–H and O–H groups in total. The molecule has 164 valence electrons. The van der Waals surface area contributed by atoms with Crippen LogP contribution in [0.1, 0.15) is 69.1 Å². The molecule has 5 nitrogen and oxygen atoms in total. The van der Waals surface area contributed by atoms with Crippen LogP contribution in [-0.4, -0.2) is 21.8 Å². The second kappa shape index (κ2) is 8.66. The molecule has 1 heterocycles. The summed E-state index contributed by atoms with van der Waals surface area (Å²) in [6, 6.07) is 12.2. The van der Waals surface area contributed by atoms with Crippen LogP contribution in [0.2, 0.25) is 0 Å². The van der Waals surface area contributed by atoms with E-state index >= 15 is 0 Å². The van der Waals surface area contributed by atoms with Crippen molar-refractivity contribution in [2.75, 3.05) is 0 Å². The van der Waals surface area contributed by atoms with Crippen LogP contribution in [0.3, 0.4) is 0 Å². The average molecular weight is 422 g/mol. The number of carboxylic acids is 1. The molecule has 0 radical (unpaired) electrons. The first-order valence-electron chi connectivity index (χ1n) is 11.2. The van der Waals surface area contributed by atoms with Crippen molar-refractivity contribution in [1.29, 1.82) is 0 Å². The average Bonchev–Trinajstić information content (AvgIpc) is 3.36. The minimum atomic E-state index is -0.806. The second-order valence-electron chi connectivity index (χ2n) is 8.62. The van der Waals surface area contributed by atoms with E-state index < -0.39 is 11.8 Å². The third kappa shape index (κ3) is 4.41. The van der Waals surface area contributed by atoms with Gasteiger partial charge in [-0.25, -0.2) is 0 Å². The number of aliphatic carboxylic acids is 1. The molecular formula is C26H31NO4. The number of hydrogen-bond donors (Lipinski definition) is 2. The number of H-pyrrole nitrogens is 1. The Bertz CT molecular complexity index is 1090. The van der Waals surface area contributed by atoms with Crippen LogP contribution in [0.5, 0.6) is 11.5 Å². The van der Waals surface area contributed by atoms with E-state index in [4.69, 9.17) is 14.6 Å². The van der Waals surface area contributed by atoms with Gasteiger partial charge in [0.2, 0.25) is 5.79 Å². The van der Waals surface area contributed by atoms with Crippen molar-refractivity contribution in [3.05, 3.63) is 59.3 Å². The number of nitrogens with one attached hydrogen (secondary N) is 1. The molecule has 1 aliphatic carbocycles. The number of carboxylic acid groups (broad SMARTS) is 1. The molecule has 1 aliphatic rings. The predicted octanol–water partition coefficient (Wildman–Crippen LogP) is 6.21. The first-order valence-corrected chi connectivity index (χ1v) is 11.2. The fourth-order valence-electron chi connectivity index (χ4n) is 4.59. The summed E-state index contributed by atoms with van der Waals surface area (Å²) in [6.07, 6.45) is 6.57. The number of rotatable bonds is 9. The molecule has 0 spiro atoms. The van der Waals surface area contributed by atoms with Gasteiger partial charge in [0, 0.05) is 36.0 Å². The van der Waals surface area contributed by atoms with E-state index in [1.807, 2.05) is 31.3 Å². The number of carbonyl (C=O) groups is 1. The fraction of sp³-hybridized carbons (Fsp3) is 0.423. The maximum absolute atomic E-state index is 11.1. The number of aromatic nitrogens is 1. The molecule has 1 aromatic heterocycles. The monoisotopic (exact) mass is 421 g/mol. The van der Waals surface area contributed by atoms with Crippen molar-refractivity contribution in [3.8, 4) is 11.5 Å². The van der Waals surface area contributed by atoms with Gasteiger partial charge in [0.1, 0.15) is 11.5 Å². The van der Waals surface area contributed by atoms with Crippen molar-refractivity contribution in [3.63, 3.8) is 0 Å². The van der Waals surface area contributed by atoms with Gasteiger partial charge < -0.3 is 19.6 Å². The van der Waals surface area contributed by atoms with Gasteiger partial charge in [-0.3, -0.25) is 4.79 Å². The Kier molecular flexibility index (Phi) is 5.94. The van der Waals surface area contributed by atoms with E-state index in [2.05, 4.69) is 37.0 Å². The molecule has 2 aromatic carbocycles. The summed E-state index contributed by atoms with van der Waals surface area (Å²) in [5.74, 6) is 0.173. The smallest absolute Gasteiger partial charge is 0.303 e. The molecule has 31 heavy (non-hydrogen) atoms. The number of ether oxygens (including phenoxy) is 2. The maximum Gasteiger partial charge on any atom is 0.303 e. The summed E-state index contributed by atoms with van der Waals surface area (Å²) in [4.78, 5) is 14.4. The molecule has 1 unspecified atom stereocenters. The Morgan fingerprint density at radius 2 is 2.03 bits per heavy atom. The largest absolute Gasteiger partial charge is 0.481 e. The van der Waals surface area contributed by atoms with E-state index in [-0.39, 0.29) is 12.3 Å². The van der Waals surface area contributed by atoms with Crippen LogP contribution in [0, 0.1) is 0 Å². The highest BCUT2D eigenvalue weighted by atomic mass is 16.7. The molecule has 0 fully saturated rings. The Morgan fingerprint density at radius 3 is 2.77 bits per heavy atom. The van der Waals surface area contributed by atoms with Crippen LogP contribution in [0.15, 0.2) is 42.6 Å². The quantitative estimate of drug-likeness (QED) is 0.403. The molecule has 0 saturated heterocycles. The molecule has 0 aliphatic heterocycles. The lowest BCUT2D eigenvalue weighted by Crippen LogP contribution is -2.38. The number of aryl methyl sites for hydroxylation is 2. The van der Waals surface area contributed by atoms with E-state index in [0.29, 0.717) is 6.42 Å². The molecule has 0 saturated carbocycles. The van der Waals surface area contributed by atoms with Crippen LogP contribution >= 0.6 is 0 Å². The van der Waals surface area contributed by atoms with Crippen molar-refractivity contribution in [1.82, 2.24) is 4.98 Å². The molecular weight excluding hydrogens is 390 g/mol. The van der Waals surface area contributed by atoms with Crippen LogP contribution in [0.25, 0.3) is 10.9 Å². The van der Waals surface area contributed by atoms with Gasteiger partial charge in [0.15, 0.2) is 0 Å². The Morgan fingerprint density at radius 1 is 1.19 bits per heavy atom. The lowest BCUT2D eigenvalue weighted by molar-refractivity contribution is -0.137. The topological polar surface area (TPSA) is 71.6 Å². The number of aromatic amines is 1. The lowest BCUT2D eigenvalue weighted by Gasteiger charge is -2.31. The van der Waals surface area contributed by atoms with Gasteiger partial charge in [0.05, 0.1) is 6.42 Å². The zero-order valence-corrected chi connectivity index (χ0v) is 18.5. The van der Waals surface area contributed by atoms with E-state index in [0.717, 1.165) is 48.3 Å².